The number of carbonyl (C=O) groups excluding carboxylic acids is 1. The van der Waals surface area contributed by atoms with Crippen molar-refractivity contribution < 1.29 is 14.7 Å². The fraction of sp³-hybridized carbons (Fsp3) is 0.833. The predicted molar refractivity (Wildman–Crippen MR) is 64.6 cm³/mol. The highest BCUT2D eigenvalue weighted by atomic mass is 16.4. The molecule has 1 aliphatic rings. The smallest absolute Gasteiger partial charge is 0.307 e. The van der Waals surface area contributed by atoms with Crippen LogP contribution < -0.4 is 5.32 Å². The molecule has 0 spiro atoms. The van der Waals surface area contributed by atoms with Gasteiger partial charge in [-0.2, -0.15) is 0 Å². The Balaban J connectivity index is 2.49. The molecule has 3 unspecified atom stereocenters. The van der Waals surface area contributed by atoms with E-state index < -0.39 is 11.9 Å². The van der Waals surface area contributed by atoms with Gasteiger partial charge in [-0.25, -0.2) is 0 Å². The van der Waals surface area contributed by atoms with E-state index in [1.807, 2.05) is 25.9 Å². The first-order valence-corrected chi connectivity index (χ1v) is 6.09. The fourth-order valence-electron chi connectivity index (χ4n) is 2.51. The third-order valence-electron chi connectivity index (χ3n) is 3.20. The zero-order chi connectivity index (χ0) is 13.0. The molecular formula is C12H22N2O3. The van der Waals surface area contributed by atoms with Gasteiger partial charge in [0.2, 0.25) is 5.91 Å². The maximum absolute atomic E-state index is 12.0. The maximum Gasteiger partial charge on any atom is 0.307 e. The first-order valence-electron chi connectivity index (χ1n) is 6.09. The molecule has 98 valence electrons. The van der Waals surface area contributed by atoms with Gasteiger partial charge in [0.25, 0.3) is 0 Å². The number of carboxylic acid groups (broad SMARTS) is 1. The van der Waals surface area contributed by atoms with E-state index in [-0.39, 0.29) is 17.9 Å². The van der Waals surface area contributed by atoms with Crippen molar-refractivity contribution in [3.05, 3.63) is 0 Å². The minimum absolute atomic E-state index is 0.0487. The van der Waals surface area contributed by atoms with Crippen LogP contribution in [-0.2, 0) is 9.59 Å². The molecule has 1 rings (SSSR count). The number of nitrogens with one attached hydrogen (secondary N) is 1. The first-order chi connectivity index (χ1) is 7.91. The zero-order valence-corrected chi connectivity index (χ0v) is 10.8. The number of nitrogens with zero attached hydrogens (tertiary/aromatic N) is 1. The number of hydrogen-bond donors (Lipinski definition) is 2. The average Bonchev–Trinajstić information content (AvgIpc) is 2.63. The number of aliphatic carboxylic acids is 1. The van der Waals surface area contributed by atoms with E-state index in [1.165, 1.54) is 0 Å². The third kappa shape index (κ3) is 4.00. The van der Waals surface area contributed by atoms with Gasteiger partial charge in [-0.3, -0.25) is 9.59 Å². The Morgan fingerprint density at radius 3 is 2.47 bits per heavy atom. The van der Waals surface area contributed by atoms with Gasteiger partial charge in [0.1, 0.15) is 0 Å². The summed E-state index contributed by atoms with van der Waals surface area (Å²) in [6.45, 7) is 2.69. The van der Waals surface area contributed by atoms with Gasteiger partial charge in [0.05, 0.1) is 11.8 Å². The molecule has 17 heavy (non-hydrogen) atoms. The minimum Gasteiger partial charge on any atom is -0.481 e. The molecule has 0 aromatic rings. The summed E-state index contributed by atoms with van der Waals surface area (Å²) in [5, 5.41) is 11.9. The number of amides is 1. The highest BCUT2D eigenvalue weighted by Crippen LogP contribution is 2.32. The van der Waals surface area contributed by atoms with E-state index in [9.17, 15) is 9.59 Å². The lowest BCUT2D eigenvalue weighted by Crippen LogP contribution is -2.44. The summed E-state index contributed by atoms with van der Waals surface area (Å²) in [6, 6.07) is 0.0487. The van der Waals surface area contributed by atoms with Crippen LogP contribution in [-0.4, -0.2) is 48.6 Å². The van der Waals surface area contributed by atoms with Crippen LogP contribution in [0.4, 0.5) is 0 Å². The molecule has 0 heterocycles. The van der Waals surface area contributed by atoms with E-state index in [0.717, 1.165) is 13.0 Å². The molecule has 3 atom stereocenters. The summed E-state index contributed by atoms with van der Waals surface area (Å²) in [5.41, 5.74) is 0. The van der Waals surface area contributed by atoms with E-state index >= 15 is 0 Å². The molecule has 5 heteroatoms. The molecule has 0 radical (unpaired) electrons. The lowest BCUT2D eigenvalue weighted by atomic mass is 9.95. The number of carbonyl (C=O) groups is 2. The van der Waals surface area contributed by atoms with Gasteiger partial charge in [0.15, 0.2) is 0 Å². The topological polar surface area (TPSA) is 69.6 Å². The van der Waals surface area contributed by atoms with Crippen LogP contribution in [0.25, 0.3) is 0 Å². The molecule has 0 aliphatic heterocycles. The fourth-order valence-corrected chi connectivity index (χ4v) is 2.51. The average molecular weight is 242 g/mol. The molecular weight excluding hydrogens is 220 g/mol. The second kappa shape index (κ2) is 6.00. The number of rotatable bonds is 5. The minimum atomic E-state index is -0.845. The molecule has 1 aliphatic carbocycles. The first kappa shape index (κ1) is 14.0. The normalized spacial score (nSPS) is 25.9. The number of hydrogen-bond acceptors (Lipinski definition) is 3. The van der Waals surface area contributed by atoms with Crippen LogP contribution >= 0.6 is 0 Å². The second-order valence-electron chi connectivity index (χ2n) is 5.15. The molecule has 1 amide bonds. The Bertz CT molecular complexity index is 291. The summed E-state index contributed by atoms with van der Waals surface area (Å²) < 4.78 is 0. The third-order valence-corrected chi connectivity index (χ3v) is 3.20. The molecule has 0 aromatic carbocycles. The van der Waals surface area contributed by atoms with Crippen LogP contribution in [0.1, 0.15) is 26.2 Å². The Morgan fingerprint density at radius 2 is 1.94 bits per heavy atom. The molecule has 5 nitrogen and oxygen atoms in total. The van der Waals surface area contributed by atoms with Crippen LogP contribution in [0.15, 0.2) is 0 Å². The lowest BCUT2D eigenvalue weighted by Gasteiger charge is -2.22. The van der Waals surface area contributed by atoms with Gasteiger partial charge in [-0.1, -0.05) is 6.42 Å². The number of carboxylic acids is 1. The molecule has 1 saturated carbocycles. The Kier molecular flexibility index (Phi) is 4.93. The molecule has 0 aromatic heterocycles. The van der Waals surface area contributed by atoms with Crippen LogP contribution in [0.5, 0.6) is 0 Å². The van der Waals surface area contributed by atoms with E-state index in [1.54, 1.807) is 0 Å². The molecule has 0 bridgehead atoms. The molecule has 2 N–H and O–H groups in total. The van der Waals surface area contributed by atoms with Crippen LogP contribution in [0.2, 0.25) is 0 Å². The van der Waals surface area contributed by atoms with Gasteiger partial charge < -0.3 is 15.3 Å². The van der Waals surface area contributed by atoms with Crippen molar-refractivity contribution in [1.29, 1.82) is 0 Å². The Labute approximate surface area is 102 Å². The van der Waals surface area contributed by atoms with Gasteiger partial charge in [-0.15, -0.1) is 0 Å². The van der Waals surface area contributed by atoms with Crippen molar-refractivity contribution in [1.82, 2.24) is 10.2 Å². The maximum atomic E-state index is 12.0. The number of likely N-dealkylation sites (N-methyl/N-ethyl adjacent to an activating group) is 1. The highest BCUT2D eigenvalue weighted by Gasteiger charge is 2.37. The Hall–Kier alpha value is -1.10. The van der Waals surface area contributed by atoms with Crippen molar-refractivity contribution in [3.8, 4) is 0 Å². The summed E-state index contributed by atoms with van der Waals surface area (Å²) in [4.78, 5) is 24.9. The standard InChI is InChI=1S/C12H22N2O3/c1-8(7-14(2)3)13-11(15)9-5-4-6-10(9)12(16)17/h8-10H,4-7H2,1-3H3,(H,13,15)(H,16,17). The van der Waals surface area contributed by atoms with Crippen molar-refractivity contribution in [2.75, 3.05) is 20.6 Å². The van der Waals surface area contributed by atoms with E-state index in [4.69, 9.17) is 5.11 Å². The van der Waals surface area contributed by atoms with Crippen molar-refractivity contribution in [2.24, 2.45) is 11.8 Å². The van der Waals surface area contributed by atoms with E-state index in [2.05, 4.69) is 5.32 Å². The van der Waals surface area contributed by atoms with E-state index in [0.29, 0.717) is 12.8 Å². The predicted octanol–water partition coefficient (Wildman–Crippen LogP) is 0.554. The van der Waals surface area contributed by atoms with Crippen LogP contribution in [0, 0.1) is 11.8 Å². The van der Waals surface area contributed by atoms with Gasteiger partial charge in [0, 0.05) is 12.6 Å². The zero-order valence-electron chi connectivity index (χ0n) is 10.8. The van der Waals surface area contributed by atoms with Crippen molar-refractivity contribution in [2.45, 2.75) is 32.2 Å². The summed E-state index contributed by atoms with van der Waals surface area (Å²) in [5.74, 6) is -1.80. The van der Waals surface area contributed by atoms with Gasteiger partial charge >= 0.3 is 5.97 Å². The quantitative estimate of drug-likeness (QED) is 0.739. The SMILES string of the molecule is CC(CN(C)C)NC(=O)C1CCCC1C(=O)O. The van der Waals surface area contributed by atoms with Crippen molar-refractivity contribution in [3.63, 3.8) is 0 Å². The summed E-state index contributed by atoms with van der Waals surface area (Å²) in [7, 11) is 3.89. The lowest BCUT2D eigenvalue weighted by molar-refractivity contribution is -0.146. The van der Waals surface area contributed by atoms with Gasteiger partial charge in [-0.05, 0) is 33.9 Å². The molecule has 0 saturated heterocycles. The summed E-state index contributed by atoms with van der Waals surface area (Å²) >= 11 is 0. The largest absolute Gasteiger partial charge is 0.481 e. The second-order valence-corrected chi connectivity index (χ2v) is 5.15. The molecule has 1 fully saturated rings. The monoisotopic (exact) mass is 242 g/mol. The Morgan fingerprint density at radius 1 is 1.35 bits per heavy atom. The summed E-state index contributed by atoms with van der Waals surface area (Å²) in [6.07, 6.45) is 2.14. The highest BCUT2D eigenvalue weighted by molar-refractivity contribution is 5.85. The van der Waals surface area contributed by atoms with Crippen molar-refractivity contribution >= 4 is 11.9 Å². The van der Waals surface area contributed by atoms with Crippen LogP contribution in [0.3, 0.4) is 0 Å².